The number of likely N-dealkylation sites (tertiary alicyclic amines) is 1. The van der Waals surface area contributed by atoms with E-state index in [4.69, 9.17) is 9.47 Å². The molecule has 0 saturated carbocycles. The van der Waals surface area contributed by atoms with Gasteiger partial charge in [-0.25, -0.2) is 0 Å². The first-order valence-corrected chi connectivity index (χ1v) is 10.5. The van der Waals surface area contributed by atoms with E-state index in [0.717, 1.165) is 29.9 Å². The lowest BCUT2D eigenvalue weighted by molar-refractivity contribution is -0.132. The zero-order chi connectivity index (χ0) is 21.3. The third kappa shape index (κ3) is 5.99. The zero-order valence-corrected chi connectivity index (χ0v) is 17.7. The minimum Gasteiger partial charge on any atom is -0.497 e. The summed E-state index contributed by atoms with van der Waals surface area (Å²) in [6, 6.07) is 15.1. The Hall–Kier alpha value is -3.02. The molecule has 30 heavy (non-hydrogen) atoms. The number of benzene rings is 2. The molecule has 0 aromatic heterocycles. The number of nitrogens with zero attached hydrogens (tertiary/aromatic N) is 1. The predicted octanol–water partition coefficient (Wildman–Crippen LogP) is 3.58. The fourth-order valence-corrected chi connectivity index (χ4v) is 3.61. The van der Waals surface area contributed by atoms with Gasteiger partial charge in [-0.2, -0.15) is 0 Å². The van der Waals surface area contributed by atoms with Crippen molar-refractivity contribution in [2.75, 3.05) is 26.8 Å². The summed E-state index contributed by atoms with van der Waals surface area (Å²) in [4.78, 5) is 26.8. The van der Waals surface area contributed by atoms with Gasteiger partial charge < -0.3 is 19.7 Å². The van der Waals surface area contributed by atoms with E-state index in [0.29, 0.717) is 38.1 Å². The highest BCUT2D eigenvalue weighted by Gasteiger charge is 2.24. The monoisotopic (exact) mass is 410 g/mol. The van der Waals surface area contributed by atoms with Crippen LogP contribution in [0.15, 0.2) is 48.5 Å². The molecule has 6 nitrogen and oxygen atoms in total. The molecule has 1 aliphatic heterocycles. The van der Waals surface area contributed by atoms with Gasteiger partial charge in [-0.15, -0.1) is 0 Å². The Balaban J connectivity index is 1.34. The smallest absolute Gasteiger partial charge is 0.251 e. The molecule has 1 heterocycles. The van der Waals surface area contributed by atoms with Gasteiger partial charge in [0.2, 0.25) is 5.91 Å². The SMILES string of the molecule is COc1ccc(OCCCC(=O)N2CCC(NC(=O)c3ccccc3C)CC2)cc1. The summed E-state index contributed by atoms with van der Waals surface area (Å²) >= 11 is 0. The third-order valence-electron chi connectivity index (χ3n) is 5.44. The first-order valence-electron chi connectivity index (χ1n) is 10.5. The molecule has 0 spiro atoms. The molecular formula is C24H30N2O4. The van der Waals surface area contributed by atoms with Crippen LogP contribution in [-0.2, 0) is 4.79 Å². The number of ether oxygens (including phenoxy) is 2. The van der Waals surface area contributed by atoms with Gasteiger partial charge in [0.25, 0.3) is 5.91 Å². The molecule has 1 N–H and O–H groups in total. The number of amides is 2. The summed E-state index contributed by atoms with van der Waals surface area (Å²) in [5.41, 5.74) is 1.69. The molecule has 2 amide bonds. The number of carbonyl (C=O) groups excluding carboxylic acids is 2. The Morgan fingerprint density at radius 1 is 1.03 bits per heavy atom. The van der Waals surface area contributed by atoms with Crippen LogP contribution < -0.4 is 14.8 Å². The van der Waals surface area contributed by atoms with Gasteiger partial charge in [0.1, 0.15) is 11.5 Å². The Morgan fingerprint density at radius 3 is 2.37 bits per heavy atom. The van der Waals surface area contributed by atoms with E-state index in [1.807, 2.05) is 60.4 Å². The van der Waals surface area contributed by atoms with Gasteiger partial charge >= 0.3 is 0 Å². The molecule has 0 radical (unpaired) electrons. The van der Waals surface area contributed by atoms with Gasteiger partial charge in [0, 0.05) is 31.1 Å². The maximum Gasteiger partial charge on any atom is 0.251 e. The number of hydrogen-bond acceptors (Lipinski definition) is 4. The lowest BCUT2D eigenvalue weighted by Gasteiger charge is -2.32. The molecule has 6 heteroatoms. The van der Waals surface area contributed by atoms with E-state index in [9.17, 15) is 9.59 Å². The number of nitrogens with one attached hydrogen (secondary N) is 1. The molecule has 3 rings (SSSR count). The second-order valence-corrected chi connectivity index (χ2v) is 7.57. The minimum absolute atomic E-state index is 0.0337. The molecular weight excluding hydrogens is 380 g/mol. The normalized spacial score (nSPS) is 14.3. The molecule has 2 aromatic rings. The Bertz CT molecular complexity index is 843. The highest BCUT2D eigenvalue weighted by Crippen LogP contribution is 2.18. The molecule has 0 bridgehead atoms. The molecule has 1 aliphatic rings. The van der Waals surface area contributed by atoms with E-state index in [-0.39, 0.29) is 17.9 Å². The molecule has 160 valence electrons. The zero-order valence-electron chi connectivity index (χ0n) is 17.7. The second-order valence-electron chi connectivity index (χ2n) is 7.57. The third-order valence-corrected chi connectivity index (χ3v) is 5.44. The summed E-state index contributed by atoms with van der Waals surface area (Å²) in [5.74, 6) is 1.68. The average Bonchev–Trinajstić information content (AvgIpc) is 2.77. The van der Waals surface area contributed by atoms with Crippen LogP contribution in [0.25, 0.3) is 0 Å². The molecule has 2 aromatic carbocycles. The summed E-state index contributed by atoms with van der Waals surface area (Å²) in [6.45, 7) is 3.79. The number of aryl methyl sites for hydroxylation is 1. The van der Waals surface area contributed by atoms with Crippen LogP contribution in [0.1, 0.15) is 41.6 Å². The predicted molar refractivity (Wildman–Crippen MR) is 116 cm³/mol. The van der Waals surface area contributed by atoms with E-state index in [1.165, 1.54) is 0 Å². The number of rotatable bonds is 8. The van der Waals surface area contributed by atoms with Crippen molar-refractivity contribution in [3.63, 3.8) is 0 Å². The lowest BCUT2D eigenvalue weighted by atomic mass is 10.0. The van der Waals surface area contributed by atoms with Crippen molar-refractivity contribution in [1.29, 1.82) is 0 Å². The van der Waals surface area contributed by atoms with Crippen molar-refractivity contribution in [1.82, 2.24) is 10.2 Å². The summed E-state index contributed by atoms with van der Waals surface area (Å²) in [7, 11) is 1.63. The first-order chi connectivity index (χ1) is 14.6. The Kier molecular flexibility index (Phi) is 7.71. The maximum absolute atomic E-state index is 12.5. The largest absolute Gasteiger partial charge is 0.497 e. The van der Waals surface area contributed by atoms with Crippen molar-refractivity contribution in [2.45, 2.75) is 38.6 Å². The summed E-state index contributed by atoms with van der Waals surface area (Å²) < 4.78 is 10.8. The fourth-order valence-electron chi connectivity index (χ4n) is 3.61. The first kappa shape index (κ1) is 21.7. The maximum atomic E-state index is 12.5. The van der Waals surface area contributed by atoms with Crippen LogP contribution in [0.5, 0.6) is 11.5 Å². The molecule has 0 unspecified atom stereocenters. The Labute approximate surface area is 178 Å². The quantitative estimate of drug-likeness (QED) is 0.676. The average molecular weight is 411 g/mol. The van der Waals surface area contributed by atoms with Crippen LogP contribution >= 0.6 is 0 Å². The van der Waals surface area contributed by atoms with Crippen molar-refractivity contribution >= 4 is 11.8 Å². The number of piperidine rings is 1. The van der Waals surface area contributed by atoms with Gasteiger partial charge in [-0.05, 0) is 62.1 Å². The number of carbonyl (C=O) groups is 2. The van der Waals surface area contributed by atoms with Crippen LogP contribution in [0.2, 0.25) is 0 Å². The van der Waals surface area contributed by atoms with Gasteiger partial charge in [-0.1, -0.05) is 18.2 Å². The van der Waals surface area contributed by atoms with Crippen LogP contribution in [0, 0.1) is 6.92 Å². The standard InChI is InChI=1S/C24H30N2O4/c1-18-6-3-4-7-22(18)24(28)25-19-13-15-26(16-14-19)23(27)8-5-17-30-21-11-9-20(29-2)10-12-21/h3-4,6-7,9-12,19H,5,8,13-17H2,1-2H3,(H,25,28). The highest BCUT2D eigenvalue weighted by atomic mass is 16.5. The van der Waals surface area contributed by atoms with E-state index >= 15 is 0 Å². The minimum atomic E-state index is -0.0337. The number of methoxy groups -OCH3 is 1. The Morgan fingerprint density at radius 2 is 1.70 bits per heavy atom. The molecule has 0 atom stereocenters. The topological polar surface area (TPSA) is 67.9 Å². The number of hydrogen-bond donors (Lipinski definition) is 1. The van der Waals surface area contributed by atoms with Crippen molar-refractivity contribution in [2.24, 2.45) is 0 Å². The molecule has 1 saturated heterocycles. The van der Waals surface area contributed by atoms with Gasteiger partial charge in [0.15, 0.2) is 0 Å². The summed E-state index contributed by atoms with van der Waals surface area (Å²) in [5, 5.41) is 3.11. The molecule has 1 fully saturated rings. The van der Waals surface area contributed by atoms with Gasteiger partial charge in [-0.3, -0.25) is 9.59 Å². The van der Waals surface area contributed by atoms with Crippen molar-refractivity contribution in [3.05, 3.63) is 59.7 Å². The lowest BCUT2D eigenvalue weighted by Crippen LogP contribution is -2.46. The second kappa shape index (κ2) is 10.7. The van der Waals surface area contributed by atoms with Crippen LogP contribution in [0.4, 0.5) is 0 Å². The van der Waals surface area contributed by atoms with Crippen LogP contribution in [0.3, 0.4) is 0 Å². The van der Waals surface area contributed by atoms with Crippen LogP contribution in [-0.4, -0.2) is 49.6 Å². The molecule has 0 aliphatic carbocycles. The fraction of sp³-hybridized carbons (Fsp3) is 0.417. The highest BCUT2D eigenvalue weighted by molar-refractivity contribution is 5.95. The van der Waals surface area contributed by atoms with Crippen molar-refractivity contribution < 1.29 is 19.1 Å². The van der Waals surface area contributed by atoms with E-state index in [2.05, 4.69) is 5.32 Å². The van der Waals surface area contributed by atoms with Crippen molar-refractivity contribution in [3.8, 4) is 11.5 Å². The summed E-state index contributed by atoms with van der Waals surface area (Å²) in [6.07, 6.45) is 2.71. The van der Waals surface area contributed by atoms with Gasteiger partial charge in [0.05, 0.1) is 13.7 Å². The van der Waals surface area contributed by atoms with E-state index < -0.39 is 0 Å². The van der Waals surface area contributed by atoms with E-state index in [1.54, 1.807) is 7.11 Å².